The molecule has 7 heteroatoms. The van der Waals surface area contributed by atoms with Crippen LogP contribution in [0.5, 0.6) is 5.75 Å². The van der Waals surface area contributed by atoms with E-state index in [1.807, 2.05) is 0 Å². The molecule has 1 aliphatic carbocycles. The van der Waals surface area contributed by atoms with Crippen LogP contribution in [0.1, 0.15) is 58.7 Å². The van der Waals surface area contributed by atoms with E-state index in [4.69, 9.17) is 14.7 Å². The summed E-state index contributed by atoms with van der Waals surface area (Å²) < 4.78 is 5.67. The molecule has 2 N–H and O–H groups in total. The molecule has 0 fully saturated rings. The Morgan fingerprint density at radius 1 is 1.20 bits per heavy atom. The number of fused-ring (bicyclic) bond motifs is 1. The van der Waals surface area contributed by atoms with Gasteiger partial charge in [0.1, 0.15) is 23.9 Å². The van der Waals surface area contributed by atoms with E-state index in [0.717, 1.165) is 36.3 Å². The van der Waals surface area contributed by atoms with Gasteiger partial charge in [-0.2, -0.15) is 0 Å². The maximum atomic E-state index is 12.3. The molecule has 3 rings (SSSR count). The Hall–Kier alpha value is -2.54. The first-order chi connectivity index (χ1) is 14.0. The minimum atomic E-state index is -0.926. The summed E-state index contributed by atoms with van der Waals surface area (Å²) in [5.74, 6) is 1.99. The number of hydrogen-bond donors (Lipinski definition) is 2. The number of hydrogen-bond acceptors (Lipinski definition) is 7. The number of Topliss-reactive ketones (excluding diaryl/α,β-unsaturated/α-hetero) is 1. The highest BCUT2D eigenvalue weighted by Gasteiger charge is 2.22. The molecule has 2 aromatic rings. The number of carbonyl (C=O) groups excluding carboxylic acids is 1. The average molecular weight is 413 g/mol. The minimum Gasteiger partial charge on any atom is -0.490 e. The van der Waals surface area contributed by atoms with Crippen molar-refractivity contribution in [3.05, 3.63) is 29.6 Å². The third kappa shape index (κ3) is 6.23. The number of rotatable bonds is 8. The molecule has 30 heavy (non-hydrogen) atoms. The maximum Gasteiger partial charge on any atom is 0.180 e. The van der Waals surface area contributed by atoms with Crippen molar-refractivity contribution in [1.82, 2.24) is 15.0 Å². The lowest BCUT2D eigenvalue weighted by Gasteiger charge is -2.18. The van der Waals surface area contributed by atoms with Crippen LogP contribution in [0.15, 0.2) is 18.3 Å². The number of nitrogens with one attached hydrogen (secondary N) is 1. The summed E-state index contributed by atoms with van der Waals surface area (Å²) in [5.41, 5.74) is 1.74. The largest absolute Gasteiger partial charge is 0.490 e. The number of ether oxygens (including phenoxy) is 1. The molecule has 0 unspecified atom stereocenters. The SMILES string of the molecule is CC(C)(C)CC(=O)CNc1nc(-c2cc(OCC(C)(C)O)ccn2)nc2c1CCC2. The molecule has 0 radical (unpaired) electrons. The Bertz CT molecular complexity index is 914. The number of aliphatic hydroxyl groups is 1. The van der Waals surface area contributed by atoms with Crippen molar-refractivity contribution in [3.8, 4) is 17.3 Å². The number of aromatic nitrogens is 3. The van der Waals surface area contributed by atoms with Crippen LogP contribution in [0.3, 0.4) is 0 Å². The molecule has 2 heterocycles. The van der Waals surface area contributed by atoms with Gasteiger partial charge in [-0.15, -0.1) is 0 Å². The highest BCUT2D eigenvalue weighted by Crippen LogP contribution is 2.30. The molecule has 162 valence electrons. The molecule has 1 aliphatic rings. The smallest absolute Gasteiger partial charge is 0.180 e. The number of aryl methyl sites for hydroxylation is 1. The fourth-order valence-corrected chi connectivity index (χ4v) is 3.41. The van der Waals surface area contributed by atoms with Crippen LogP contribution in [-0.2, 0) is 17.6 Å². The van der Waals surface area contributed by atoms with E-state index in [0.29, 0.717) is 23.7 Å². The van der Waals surface area contributed by atoms with Crippen molar-refractivity contribution in [3.63, 3.8) is 0 Å². The Balaban J connectivity index is 1.81. The average Bonchev–Trinajstić information content (AvgIpc) is 3.11. The van der Waals surface area contributed by atoms with Gasteiger partial charge in [0.15, 0.2) is 11.6 Å². The number of anilines is 1. The minimum absolute atomic E-state index is 0.0367. The molecule has 0 amide bonds. The van der Waals surface area contributed by atoms with E-state index >= 15 is 0 Å². The normalized spacial score (nSPS) is 13.8. The predicted octanol–water partition coefficient (Wildman–Crippen LogP) is 3.59. The Kier molecular flexibility index (Phi) is 6.41. The van der Waals surface area contributed by atoms with Crippen molar-refractivity contribution in [2.24, 2.45) is 5.41 Å². The second-order valence-electron chi connectivity index (χ2n) is 9.78. The van der Waals surface area contributed by atoms with Gasteiger partial charge in [0, 0.05) is 29.9 Å². The first kappa shape index (κ1) is 22.2. The summed E-state index contributed by atoms with van der Waals surface area (Å²) in [7, 11) is 0. The van der Waals surface area contributed by atoms with Crippen LogP contribution < -0.4 is 10.1 Å². The van der Waals surface area contributed by atoms with Crippen LogP contribution in [-0.4, -0.2) is 44.6 Å². The molecule has 0 bridgehead atoms. The number of pyridine rings is 1. The fraction of sp³-hybridized carbons (Fsp3) is 0.565. The second-order valence-corrected chi connectivity index (χ2v) is 9.78. The van der Waals surface area contributed by atoms with Crippen molar-refractivity contribution < 1.29 is 14.6 Å². The fourth-order valence-electron chi connectivity index (χ4n) is 3.41. The zero-order valence-corrected chi connectivity index (χ0v) is 18.6. The van der Waals surface area contributed by atoms with Crippen LogP contribution >= 0.6 is 0 Å². The second kappa shape index (κ2) is 8.68. The van der Waals surface area contributed by atoms with Crippen LogP contribution in [0, 0.1) is 5.41 Å². The molecule has 7 nitrogen and oxygen atoms in total. The topological polar surface area (TPSA) is 97.2 Å². The summed E-state index contributed by atoms with van der Waals surface area (Å²) >= 11 is 0. The van der Waals surface area contributed by atoms with Crippen LogP contribution in [0.25, 0.3) is 11.5 Å². The Morgan fingerprint density at radius 3 is 2.67 bits per heavy atom. The third-order valence-electron chi connectivity index (χ3n) is 4.67. The van der Waals surface area contributed by atoms with Crippen molar-refractivity contribution >= 4 is 11.6 Å². The maximum absolute atomic E-state index is 12.3. The number of ketones is 1. The van der Waals surface area contributed by atoms with Gasteiger partial charge in [-0.25, -0.2) is 9.97 Å². The Morgan fingerprint density at radius 2 is 1.97 bits per heavy atom. The van der Waals surface area contributed by atoms with E-state index in [-0.39, 0.29) is 24.3 Å². The van der Waals surface area contributed by atoms with Crippen molar-refractivity contribution in [2.75, 3.05) is 18.5 Å². The van der Waals surface area contributed by atoms with Gasteiger partial charge >= 0.3 is 0 Å². The highest BCUT2D eigenvalue weighted by molar-refractivity contribution is 5.83. The van der Waals surface area contributed by atoms with Gasteiger partial charge < -0.3 is 15.2 Å². The van der Waals surface area contributed by atoms with Crippen LogP contribution in [0.2, 0.25) is 0 Å². The molecule has 0 atom stereocenters. The molecular formula is C23H32N4O3. The number of nitrogens with zero attached hydrogens (tertiary/aromatic N) is 3. The van der Waals surface area contributed by atoms with Gasteiger partial charge in [0.2, 0.25) is 0 Å². The van der Waals surface area contributed by atoms with Gasteiger partial charge in [-0.3, -0.25) is 9.78 Å². The van der Waals surface area contributed by atoms with E-state index in [1.54, 1.807) is 32.2 Å². The predicted molar refractivity (Wildman–Crippen MR) is 117 cm³/mol. The lowest BCUT2D eigenvalue weighted by molar-refractivity contribution is -0.119. The van der Waals surface area contributed by atoms with E-state index in [9.17, 15) is 9.90 Å². The zero-order valence-electron chi connectivity index (χ0n) is 18.6. The van der Waals surface area contributed by atoms with E-state index in [1.165, 1.54) is 0 Å². The molecule has 0 spiro atoms. The summed E-state index contributed by atoms with van der Waals surface area (Å²) in [5, 5.41) is 13.1. The summed E-state index contributed by atoms with van der Waals surface area (Å²) in [6, 6.07) is 3.52. The van der Waals surface area contributed by atoms with Crippen LogP contribution in [0.4, 0.5) is 5.82 Å². The molecular weight excluding hydrogens is 380 g/mol. The molecule has 0 aromatic carbocycles. The van der Waals surface area contributed by atoms with Crippen molar-refractivity contribution in [2.45, 2.75) is 65.9 Å². The highest BCUT2D eigenvalue weighted by atomic mass is 16.5. The molecule has 0 saturated heterocycles. The molecule has 0 saturated carbocycles. The van der Waals surface area contributed by atoms with Gasteiger partial charge in [-0.05, 0) is 44.6 Å². The third-order valence-corrected chi connectivity index (χ3v) is 4.67. The first-order valence-corrected chi connectivity index (χ1v) is 10.5. The zero-order chi connectivity index (χ0) is 21.9. The Labute approximate surface area is 178 Å². The molecule has 2 aromatic heterocycles. The standard InChI is InChI=1S/C23H32N4O3/c1-22(2,3)12-15(28)13-25-20-17-7-6-8-18(17)26-21(27-20)19-11-16(9-10-24-19)30-14-23(4,5)29/h9-11,29H,6-8,12-14H2,1-5H3,(H,25,26,27). The molecule has 0 aliphatic heterocycles. The lowest BCUT2D eigenvalue weighted by Crippen LogP contribution is -2.27. The quantitative estimate of drug-likeness (QED) is 0.684. The first-order valence-electron chi connectivity index (χ1n) is 10.5. The summed E-state index contributed by atoms with van der Waals surface area (Å²) in [6.45, 7) is 9.99. The van der Waals surface area contributed by atoms with Gasteiger partial charge in [0.25, 0.3) is 0 Å². The van der Waals surface area contributed by atoms with Gasteiger partial charge in [-0.1, -0.05) is 20.8 Å². The van der Waals surface area contributed by atoms with Gasteiger partial charge in [0.05, 0.1) is 12.1 Å². The lowest BCUT2D eigenvalue weighted by atomic mass is 9.90. The summed E-state index contributed by atoms with van der Waals surface area (Å²) in [6.07, 6.45) is 4.99. The van der Waals surface area contributed by atoms with E-state index < -0.39 is 5.60 Å². The summed E-state index contributed by atoms with van der Waals surface area (Å²) in [4.78, 5) is 26.1. The van der Waals surface area contributed by atoms with E-state index in [2.05, 4.69) is 31.1 Å². The van der Waals surface area contributed by atoms with Crippen molar-refractivity contribution in [1.29, 1.82) is 0 Å². The monoisotopic (exact) mass is 412 g/mol. The number of carbonyl (C=O) groups is 1.